The van der Waals surface area contributed by atoms with E-state index in [0.29, 0.717) is 11.9 Å². The van der Waals surface area contributed by atoms with Gasteiger partial charge in [-0.2, -0.15) is 13.2 Å². The Morgan fingerprint density at radius 2 is 1.70 bits per heavy atom. The van der Waals surface area contributed by atoms with Crippen molar-refractivity contribution >= 4 is 31.1 Å². The van der Waals surface area contributed by atoms with Gasteiger partial charge in [-0.25, -0.2) is 9.37 Å². The monoisotopic (exact) mass is 545 g/mol. The third kappa shape index (κ3) is 9.68. The molecule has 0 spiro atoms. The molecule has 1 N–H and O–H groups in total. The zero-order valence-electron chi connectivity index (χ0n) is 21.0. The summed E-state index contributed by atoms with van der Waals surface area (Å²) in [6, 6.07) is 7.79. The van der Waals surface area contributed by atoms with Crippen LogP contribution in [0.1, 0.15) is 47.2 Å². The number of alkyl halides is 3. The molecule has 0 saturated heterocycles. The Hall–Kier alpha value is -3.73. The van der Waals surface area contributed by atoms with Gasteiger partial charge in [-0.05, 0) is 48.9 Å². The number of methoxy groups -OCH3 is 1. The van der Waals surface area contributed by atoms with Gasteiger partial charge in [-0.1, -0.05) is 25.4 Å². The molecule has 0 bridgehead atoms. The Bertz CT molecular complexity index is 1170. The number of hydrogen-bond donors (Lipinski definition) is 1. The highest BCUT2D eigenvalue weighted by Crippen LogP contribution is 2.32. The molecule has 0 aliphatic carbocycles. The van der Waals surface area contributed by atoms with Crippen LogP contribution in [-0.2, 0) is 15.8 Å². The molecule has 0 aliphatic heterocycles. The van der Waals surface area contributed by atoms with E-state index >= 15 is 0 Å². The maximum atomic E-state index is 13.6. The maximum absolute atomic E-state index is 13.6. The number of carbonyl (C=O) groups is 3. The van der Waals surface area contributed by atoms with Gasteiger partial charge in [0.15, 0.2) is 0 Å². The van der Waals surface area contributed by atoms with E-state index in [-0.39, 0.29) is 17.3 Å². The average Bonchev–Trinajstić information content (AvgIpc) is 3.33. The summed E-state index contributed by atoms with van der Waals surface area (Å²) in [7, 11) is 3.06. The zero-order valence-corrected chi connectivity index (χ0v) is 21.7. The number of carbonyl (C=O) groups excluding carboxylic acids is 3. The van der Waals surface area contributed by atoms with Crippen LogP contribution in [0.5, 0.6) is 5.75 Å². The van der Waals surface area contributed by atoms with Gasteiger partial charge in [0.05, 0.1) is 18.4 Å². The quantitative estimate of drug-likeness (QED) is 0.418. The molecule has 202 valence electrons. The van der Waals surface area contributed by atoms with Crippen molar-refractivity contribution in [1.29, 1.82) is 0 Å². The number of nitrogens with one attached hydrogen (secondary N) is 1. The van der Waals surface area contributed by atoms with E-state index in [1.807, 2.05) is 38.7 Å². The molecule has 12 heteroatoms. The Morgan fingerprint density at radius 3 is 2.16 bits per heavy atom. The van der Waals surface area contributed by atoms with Crippen LogP contribution in [0.15, 0.2) is 42.6 Å². The maximum Gasteiger partial charge on any atom is 0.416 e. The molecule has 1 heterocycles. The predicted octanol–water partition coefficient (Wildman–Crippen LogP) is 5.80. The van der Waals surface area contributed by atoms with Crippen LogP contribution < -0.4 is 10.1 Å². The van der Waals surface area contributed by atoms with Crippen molar-refractivity contribution in [1.82, 2.24) is 14.9 Å². The second-order valence-corrected chi connectivity index (χ2v) is 7.81. The minimum Gasteiger partial charge on any atom is -0.497 e. The van der Waals surface area contributed by atoms with Crippen LogP contribution in [0.4, 0.5) is 17.6 Å². The molecule has 1 aromatic heterocycles. The number of halogens is 5. The van der Waals surface area contributed by atoms with E-state index in [2.05, 4.69) is 10.3 Å². The third-order valence-electron chi connectivity index (χ3n) is 4.56. The molecule has 0 aliphatic rings. The molecule has 3 aromatic rings. The number of nitrogens with zero attached hydrogens (tertiary/aromatic N) is 2. The van der Waals surface area contributed by atoms with Crippen LogP contribution in [0, 0.1) is 12.7 Å². The van der Waals surface area contributed by atoms with Crippen molar-refractivity contribution < 1.29 is 36.7 Å². The number of aromatic nitrogens is 2. The van der Waals surface area contributed by atoms with Crippen molar-refractivity contribution in [2.45, 2.75) is 32.9 Å². The molecular weight excluding hydrogens is 518 g/mol. The first kappa shape index (κ1) is 33.3. The minimum absolute atomic E-state index is 0.0383. The summed E-state index contributed by atoms with van der Waals surface area (Å²) in [5.74, 6) is -0.451. The van der Waals surface area contributed by atoms with Crippen LogP contribution in [0.25, 0.3) is 5.69 Å². The van der Waals surface area contributed by atoms with Gasteiger partial charge in [-0.3, -0.25) is 4.79 Å². The highest BCUT2D eigenvalue weighted by molar-refractivity contribution is 6.31. The summed E-state index contributed by atoms with van der Waals surface area (Å²) in [5, 5.41) is 3.17. The topological polar surface area (TPSA) is 90.3 Å². The Labute approximate surface area is 217 Å². The van der Waals surface area contributed by atoms with E-state index in [9.17, 15) is 22.4 Å². The largest absolute Gasteiger partial charge is 0.497 e. The molecular formula is C25H28ClF4N3O4. The SMILES string of the molecule is C=O.C=O.CNC(=O)c1cn(-c2cc(F)cc(C(F)(F)F)c2)c(C(C)C)n1.COc1ccc(Cl)c(C)c1. The number of benzene rings is 2. The van der Waals surface area contributed by atoms with Crippen molar-refractivity contribution in [3.8, 4) is 11.4 Å². The third-order valence-corrected chi connectivity index (χ3v) is 4.99. The van der Waals surface area contributed by atoms with E-state index in [0.717, 1.165) is 28.5 Å². The van der Waals surface area contributed by atoms with Gasteiger partial charge < -0.3 is 24.2 Å². The van der Waals surface area contributed by atoms with Crippen LogP contribution >= 0.6 is 11.6 Å². The molecule has 0 saturated carbocycles. The van der Waals surface area contributed by atoms with E-state index in [1.165, 1.54) is 17.8 Å². The summed E-state index contributed by atoms with van der Waals surface area (Å²) >= 11 is 5.78. The predicted molar refractivity (Wildman–Crippen MR) is 133 cm³/mol. The Morgan fingerprint density at radius 1 is 1.11 bits per heavy atom. The lowest BCUT2D eigenvalue weighted by molar-refractivity contribution is -0.137. The number of hydrogen-bond acceptors (Lipinski definition) is 5. The first-order chi connectivity index (χ1) is 17.4. The lowest BCUT2D eigenvalue weighted by Gasteiger charge is -2.13. The highest BCUT2D eigenvalue weighted by atomic mass is 35.5. The van der Waals surface area contributed by atoms with Crippen LogP contribution in [-0.4, -0.2) is 43.2 Å². The van der Waals surface area contributed by atoms with Gasteiger partial charge >= 0.3 is 6.18 Å². The summed E-state index contributed by atoms with van der Waals surface area (Å²) in [4.78, 5) is 31.8. The van der Waals surface area contributed by atoms with E-state index in [4.69, 9.17) is 25.9 Å². The fraction of sp³-hybridized carbons (Fsp3) is 0.280. The highest BCUT2D eigenvalue weighted by Gasteiger charge is 2.32. The summed E-state index contributed by atoms with van der Waals surface area (Å²) in [5.41, 5.74) is -0.0453. The smallest absolute Gasteiger partial charge is 0.416 e. The molecule has 1 amide bonds. The zero-order chi connectivity index (χ0) is 28.9. The van der Waals surface area contributed by atoms with Gasteiger partial charge in [0, 0.05) is 24.2 Å². The fourth-order valence-corrected chi connectivity index (χ4v) is 2.98. The van der Waals surface area contributed by atoms with Gasteiger partial charge in [0.25, 0.3) is 5.91 Å². The number of rotatable bonds is 4. The Kier molecular flexibility index (Phi) is 13.8. The van der Waals surface area contributed by atoms with Gasteiger partial charge in [0.2, 0.25) is 0 Å². The molecule has 0 unspecified atom stereocenters. The van der Waals surface area contributed by atoms with Crippen LogP contribution in [0.3, 0.4) is 0 Å². The summed E-state index contributed by atoms with van der Waals surface area (Å²) < 4.78 is 58.5. The summed E-state index contributed by atoms with van der Waals surface area (Å²) in [6.45, 7) is 9.50. The van der Waals surface area contributed by atoms with Crippen molar-refractivity contribution in [2.75, 3.05) is 14.2 Å². The number of imidazole rings is 1. The normalized spacial score (nSPS) is 10.1. The molecule has 0 fully saturated rings. The standard InChI is InChI=1S/C15H15F4N3O.C8H9ClO.2CH2O/c1-8(2)13-21-12(14(23)20-3)7-22(13)11-5-9(15(17,18)19)4-10(16)6-11;1-6-5-7(10-2)3-4-8(6)9;2*1-2/h4-8H,1-3H3,(H,20,23);3-5H,1-2H3;2*1H2. The minimum atomic E-state index is -4.67. The molecule has 0 atom stereocenters. The second kappa shape index (κ2) is 15.4. The first-order valence-electron chi connectivity index (χ1n) is 10.4. The van der Waals surface area contributed by atoms with E-state index in [1.54, 1.807) is 21.0 Å². The van der Waals surface area contributed by atoms with Crippen molar-refractivity contribution in [2.24, 2.45) is 0 Å². The number of ether oxygens (including phenoxy) is 1. The lowest BCUT2D eigenvalue weighted by atomic mass is 10.1. The molecule has 0 radical (unpaired) electrons. The summed E-state index contributed by atoms with van der Waals surface area (Å²) in [6.07, 6.45) is -3.37. The number of amides is 1. The van der Waals surface area contributed by atoms with Gasteiger partial charge in [-0.15, -0.1) is 0 Å². The van der Waals surface area contributed by atoms with Crippen molar-refractivity contribution in [3.63, 3.8) is 0 Å². The second-order valence-electron chi connectivity index (χ2n) is 7.40. The van der Waals surface area contributed by atoms with Crippen LogP contribution in [0.2, 0.25) is 5.02 Å². The number of aryl methyl sites for hydroxylation is 1. The molecule has 2 aromatic carbocycles. The Balaban J connectivity index is 0.000000771. The van der Waals surface area contributed by atoms with Crippen molar-refractivity contribution in [3.05, 3.63) is 76.1 Å². The fourth-order valence-electron chi connectivity index (χ4n) is 2.87. The first-order valence-corrected chi connectivity index (χ1v) is 10.8. The molecule has 37 heavy (non-hydrogen) atoms. The lowest BCUT2D eigenvalue weighted by Crippen LogP contribution is -2.18. The molecule has 3 rings (SSSR count). The van der Waals surface area contributed by atoms with E-state index < -0.39 is 23.5 Å². The average molecular weight is 546 g/mol. The molecule has 7 nitrogen and oxygen atoms in total. The van der Waals surface area contributed by atoms with Gasteiger partial charge in [0.1, 0.15) is 36.7 Å².